The summed E-state index contributed by atoms with van der Waals surface area (Å²) >= 11 is 0. The Hall–Kier alpha value is -1.69. The van der Waals surface area contributed by atoms with Crippen LogP contribution >= 0.6 is 0 Å². The molecule has 3 N–H and O–H groups in total. The lowest BCUT2D eigenvalue weighted by molar-refractivity contribution is 0.162. The highest BCUT2D eigenvalue weighted by atomic mass is 16.3. The molecule has 0 aliphatic carbocycles. The van der Waals surface area contributed by atoms with E-state index in [0.717, 1.165) is 6.42 Å². The lowest BCUT2D eigenvalue weighted by Gasteiger charge is -2.10. The Kier molecular flexibility index (Phi) is 5.21. The minimum atomic E-state index is -0.502. The summed E-state index contributed by atoms with van der Waals surface area (Å²) < 4.78 is 0. The summed E-state index contributed by atoms with van der Waals surface area (Å²) in [7, 11) is 0. The molecule has 1 aromatic rings. The lowest BCUT2D eigenvalue weighted by Crippen LogP contribution is -2.35. The number of nitrogens with one attached hydrogen (secondary N) is 2. The number of anilines is 1. The first-order valence-electron chi connectivity index (χ1n) is 5.23. The van der Waals surface area contributed by atoms with Gasteiger partial charge in [-0.15, -0.1) is 5.10 Å². The van der Waals surface area contributed by atoms with Crippen LogP contribution in [0.25, 0.3) is 0 Å². The van der Waals surface area contributed by atoms with Crippen molar-refractivity contribution in [1.82, 2.24) is 15.5 Å². The van der Waals surface area contributed by atoms with E-state index in [4.69, 9.17) is 0 Å². The zero-order valence-electron chi connectivity index (χ0n) is 9.18. The van der Waals surface area contributed by atoms with Crippen LogP contribution in [0.15, 0.2) is 18.3 Å². The van der Waals surface area contributed by atoms with Crippen molar-refractivity contribution in [3.8, 4) is 0 Å². The fraction of sp³-hybridized carbons (Fsp3) is 0.500. The molecular weight excluding hydrogens is 208 g/mol. The SMILES string of the molecule is CCCC(O)CNC(=O)Nc1cccnn1. The number of aliphatic hydroxyl groups excluding tert-OH is 1. The Morgan fingerprint density at radius 1 is 1.62 bits per heavy atom. The van der Waals surface area contributed by atoms with Crippen LogP contribution in [0.1, 0.15) is 19.8 Å². The average molecular weight is 224 g/mol. The van der Waals surface area contributed by atoms with E-state index in [1.807, 2.05) is 6.92 Å². The van der Waals surface area contributed by atoms with Gasteiger partial charge in [-0.05, 0) is 18.6 Å². The van der Waals surface area contributed by atoms with Gasteiger partial charge in [-0.2, -0.15) is 5.10 Å². The van der Waals surface area contributed by atoms with Gasteiger partial charge in [0, 0.05) is 12.7 Å². The van der Waals surface area contributed by atoms with E-state index in [0.29, 0.717) is 12.2 Å². The van der Waals surface area contributed by atoms with Crippen LogP contribution < -0.4 is 10.6 Å². The maximum Gasteiger partial charge on any atom is 0.320 e. The van der Waals surface area contributed by atoms with Gasteiger partial charge in [0.25, 0.3) is 0 Å². The number of carbonyl (C=O) groups excluding carboxylic acids is 1. The fourth-order valence-electron chi connectivity index (χ4n) is 1.17. The second kappa shape index (κ2) is 6.73. The Labute approximate surface area is 94.1 Å². The van der Waals surface area contributed by atoms with E-state index < -0.39 is 12.1 Å². The maximum absolute atomic E-state index is 11.3. The molecule has 88 valence electrons. The molecule has 0 aromatic carbocycles. The largest absolute Gasteiger partial charge is 0.391 e. The van der Waals surface area contributed by atoms with Crippen LogP contribution in [0.4, 0.5) is 10.6 Å². The molecule has 16 heavy (non-hydrogen) atoms. The van der Waals surface area contributed by atoms with Crippen LogP contribution in [0.5, 0.6) is 0 Å². The number of urea groups is 1. The molecule has 1 atom stereocenters. The van der Waals surface area contributed by atoms with E-state index in [-0.39, 0.29) is 6.54 Å². The van der Waals surface area contributed by atoms with Crippen molar-refractivity contribution >= 4 is 11.8 Å². The van der Waals surface area contributed by atoms with Gasteiger partial charge in [0.1, 0.15) is 0 Å². The molecule has 6 nitrogen and oxygen atoms in total. The van der Waals surface area contributed by atoms with Crippen LogP contribution in [0.2, 0.25) is 0 Å². The standard InChI is InChI=1S/C10H16N4O2/c1-2-4-8(15)7-11-10(16)13-9-5-3-6-12-14-9/h3,5-6,8,15H,2,4,7H2,1H3,(H2,11,13,14,16). The number of aliphatic hydroxyl groups is 1. The first kappa shape index (κ1) is 12.4. The number of nitrogens with zero attached hydrogens (tertiary/aromatic N) is 2. The molecular formula is C10H16N4O2. The quantitative estimate of drug-likeness (QED) is 0.689. The average Bonchev–Trinajstić information content (AvgIpc) is 2.28. The molecule has 0 spiro atoms. The normalized spacial score (nSPS) is 11.9. The number of rotatable bonds is 5. The van der Waals surface area contributed by atoms with Crippen LogP contribution in [0.3, 0.4) is 0 Å². The summed E-state index contributed by atoms with van der Waals surface area (Å²) in [5, 5.41) is 21.8. The molecule has 1 heterocycles. The van der Waals surface area contributed by atoms with E-state index in [1.54, 1.807) is 12.1 Å². The van der Waals surface area contributed by atoms with Gasteiger partial charge >= 0.3 is 6.03 Å². The first-order chi connectivity index (χ1) is 7.72. The van der Waals surface area contributed by atoms with Crippen molar-refractivity contribution in [2.45, 2.75) is 25.9 Å². The third-order valence-electron chi connectivity index (χ3n) is 1.93. The number of hydrogen-bond acceptors (Lipinski definition) is 4. The maximum atomic E-state index is 11.3. The van der Waals surface area contributed by atoms with Crippen molar-refractivity contribution in [3.63, 3.8) is 0 Å². The number of amides is 2. The van der Waals surface area contributed by atoms with E-state index >= 15 is 0 Å². The molecule has 0 aliphatic rings. The summed E-state index contributed by atoms with van der Waals surface area (Å²) in [6.07, 6.45) is 2.58. The van der Waals surface area contributed by atoms with Crippen LogP contribution in [0, 0.1) is 0 Å². The summed E-state index contributed by atoms with van der Waals surface area (Å²) in [4.78, 5) is 11.3. The number of aromatic nitrogens is 2. The molecule has 0 bridgehead atoms. The van der Waals surface area contributed by atoms with Crippen LogP contribution in [-0.2, 0) is 0 Å². The smallest absolute Gasteiger partial charge is 0.320 e. The van der Waals surface area contributed by atoms with E-state index in [2.05, 4.69) is 20.8 Å². The van der Waals surface area contributed by atoms with E-state index in [1.165, 1.54) is 6.20 Å². The third-order valence-corrected chi connectivity index (χ3v) is 1.93. The monoisotopic (exact) mass is 224 g/mol. The highest BCUT2D eigenvalue weighted by Crippen LogP contribution is 1.97. The van der Waals surface area contributed by atoms with Gasteiger partial charge in [-0.3, -0.25) is 5.32 Å². The summed E-state index contributed by atoms with van der Waals surface area (Å²) in [6, 6.07) is 2.92. The van der Waals surface area contributed by atoms with E-state index in [9.17, 15) is 9.90 Å². The molecule has 1 rings (SSSR count). The number of hydrogen-bond donors (Lipinski definition) is 3. The molecule has 6 heteroatoms. The summed E-state index contributed by atoms with van der Waals surface area (Å²) in [6.45, 7) is 2.21. The van der Waals surface area contributed by atoms with Gasteiger partial charge in [-0.1, -0.05) is 13.3 Å². The van der Waals surface area contributed by atoms with Crippen molar-refractivity contribution in [1.29, 1.82) is 0 Å². The molecule has 2 amide bonds. The minimum absolute atomic E-state index is 0.236. The van der Waals surface area contributed by atoms with Crippen LogP contribution in [-0.4, -0.2) is 34.0 Å². The fourth-order valence-corrected chi connectivity index (χ4v) is 1.17. The summed E-state index contributed by atoms with van der Waals surface area (Å²) in [5.74, 6) is 0.380. The minimum Gasteiger partial charge on any atom is -0.391 e. The molecule has 0 fully saturated rings. The van der Waals surface area contributed by atoms with Crippen molar-refractivity contribution in [2.24, 2.45) is 0 Å². The van der Waals surface area contributed by atoms with Crippen molar-refractivity contribution in [2.75, 3.05) is 11.9 Å². The topological polar surface area (TPSA) is 87.1 Å². The van der Waals surface area contributed by atoms with Crippen molar-refractivity contribution in [3.05, 3.63) is 18.3 Å². The molecule has 0 radical (unpaired) electrons. The molecule has 0 aliphatic heterocycles. The second-order valence-electron chi connectivity index (χ2n) is 3.39. The molecule has 0 saturated carbocycles. The highest BCUT2D eigenvalue weighted by molar-refractivity contribution is 5.87. The molecule has 1 unspecified atom stereocenters. The summed E-state index contributed by atoms with van der Waals surface area (Å²) in [5.41, 5.74) is 0. The number of carbonyl (C=O) groups is 1. The Bertz CT molecular complexity index is 318. The van der Waals surface area contributed by atoms with Gasteiger partial charge < -0.3 is 10.4 Å². The third kappa shape index (κ3) is 4.70. The predicted octanol–water partition coefficient (Wildman–Crippen LogP) is 0.759. The molecule has 1 aromatic heterocycles. The lowest BCUT2D eigenvalue weighted by atomic mass is 10.2. The Morgan fingerprint density at radius 2 is 2.44 bits per heavy atom. The van der Waals surface area contributed by atoms with Crippen molar-refractivity contribution < 1.29 is 9.90 Å². The van der Waals surface area contributed by atoms with Gasteiger partial charge in [0.05, 0.1) is 6.10 Å². The predicted molar refractivity (Wildman–Crippen MR) is 60.0 cm³/mol. The Balaban J connectivity index is 2.26. The zero-order valence-corrected chi connectivity index (χ0v) is 9.18. The van der Waals surface area contributed by atoms with Gasteiger partial charge in [-0.25, -0.2) is 4.79 Å². The zero-order chi connectivity index (χ0) is 11.8. The van der Waals surface area contributed by atoms with Gasteiger partial charge in [0.15, 0.2) is 5.82 Å². The van der Waals surface area contributed by atoms with Gasteiger partial charge in [0.2, 0.25) is 0 Å². The second-order valence-corrected chi connectivity index (χ2v) is 3.39. The Morgan fingerprint density at radius 3 is 3.06 bits per heavy atom. The highest BCUT2D eigenvalue weighted by Gasteiger charge is 2.06. The first-order valence-corrected chi connectivity index (χ1v) is 5.23. The molecule has 0 saturated heterocycles.